The van der Waals surface area contributed by atoms with E-state index in [1.54, 1.807) is 6.07 Å². The van der Waals surface area contributed by atoms with Crippen molar-refractivity contribution in [1.82, 2.24) is 10.6 Å². The second-order valence-corrected chi connectivity index (χ2v) is 6.50. The molecule has 8 heteroatoms. The molecule has 0 bridgehead atoms. The van der Waals surface area contributed by atoms with Crippen molar-refractivity contribution >= 4 is 48.0 Å². The quantitative estimate of drug-likeness (QED) is 0.724. The van der Waals surface area contributed by atoms with Crippen molar-refractivity contribution in [2.75, 3.05) is 36.9 Å². The lowest BCUT2D eigenvalue weighted by atomic mass is 9.94. The van der Waals surface area contributed by atoms with E-state index in [4.69, 9.17) is 0 Å². The highest BCUT2D eigenvalue weighted by molar-refractivity contribution is 6.01. The Hall–Kier alpha value is -1.50. The second-order valence-electron chi connectivity index (χ2n) is 6.50. The van der Waals surface area contributed by atoms with Gasteiger partial charge in [-0.1, -0.05) is 6.92 Å². The van der Waals surface area contributed by atoms with E-state index in [2.05, 4.69) is 22.9 Å². The number of nitrogens with one attached hydrogen (secondary N) is 3. The van der Waals surface area contributed by atoms with Gasteiger partial charge in [-0.3, -0.25) is 9.59 Å². The maximum atomic E-state index is 12.5. The topological polar surface area (TPSA) is 73.5 Å². The highest BCUT2D eigenvalue weighted by Gasteiger charge is 2.24. The van der Waals surface area contributed by atoms with Crippen molar-refractivity contribution < 1.29 is 9.59 Å². The van der Waals surface area contributed by atoms with Gasteiger partial charge in [0.1, 0.15) is 0 Å². The number of fused-ring (bicyclic) bond motifs is 1. The molecular weight excluding hydrogens is 363 g/mol. The first-order chi connectivity index (χ1) is 11.0. The minimum absolute atomic E-state index is 0. The van der Waals surface area contributed by atoms with Gasteiger partial charge in [-0.25, -0.2) is 0 Å². The third-order valence-electron chi connectivity index (χ3n) is 4.76. The van der Waals surface area contributed by atoms with Crippen LogP contribution in [0.2, 0.25) is 0 Å². The van der Waals surface area contributed by atoms with E-state index in [0.29, 0.717) is 30.1 Å². The highest BCUT2D eigenvalue weighted by Crippen LogP contribution is 2.29. The summed E-state index contributed by atoms with van der Waals surface area (Å²) in [6.07, 6.45) is 1.52. The number of rotatable bonds is 2. The number of anilines is 2. The van der Waals surface area contributed by atoms with Gasteiger partial charge in [-0.15, -0.1) is 24.8 Å². The number of benzene rings is 1. The molecule has 1 aromatic carbocycles. The molecule has 2 atom stereocenters. The van der Waals surface area contributed by atoms with Crippen LogP contribution in [0.15, 0.2) is 18.2 Å². The Morgan fingerprint density at radius 2 is 2.08 bits per heavy atom. The summed E-state index contributed by atoms with van der Waals surface area (Å²) in [5.74, 6) is 0.361. The summed E-state index contributed by atoms with van der Waals surface area (Å²) in [6.45, 7) is 4.65. The number of carbonyl (C=O) groups excluding carboxylic acids is 2. The lowest BCUT2D eigenvalue weighted by Crippen LogP contribution is -2.50. The molecule has 140 valence electrons. The van der Waals surface area contributed by atoms with Gasteiger partial charge < -0.3 is 20.9 Å². The van der Waals surface area contributed by atoms with Crippen LogP contribution in [0.3, 0.4) is 0 Å². The van der Waals surface area contributed by atoms with Crippen LogP contribution in [0.1, 0.15) is 30.1 Å². The first-order valence-corrected chi connectivity index (χ1v) is 8.21. The molecule has 6 nitrogen and oxygen atoms in total. The van der Waals surface area contributed by atoms with Crippen LogP contribution in [0.25, 0.3) is 0 Å². The van der Waals surface area contributed by atoms with E-state index in [0.717, 1.165) is 25.2 Å². The first kappa shape index (κ1) is 21.5. The Labute approximate surface area is 160 Å². The molecule has 25 heavy (non-hydrogen) atoms. The van der Waals surface area contributed by atoms with Crippen LogP contribution in [-0.2, 0) is 4.79 Å². The third kappa shape index (κ3) is 5.00. The normalized spacial score (nSPS) is 22.5. The van der Waals surface area contributed by atoms with Crippen LogP contribution in [0.5, 0.6) is 0 Å². The lowest BCUT2D eigenvalue weighted by Gasteiger charge is -2.30. The molecule has 2 aliphatic rings. The van der Waals surface area contributed by atoms with Gasteiger partial charge in [0.25, 0.3) is 5.91 Å². The van der Waals surface area contributed by atoms with E-state index >= 15 is 0 Å². The number of amides is 2. The zero-order valence-electron chi connectivity index (χ0n) is 14.5. The van der Waals surface area contributed by atoms with Crippen molar-refractivity contribution in [1.29, 1.82) is 0 Å². The van der Waals surface area contributed by atoms with E-state index < -0.39 is 0 Å². The summed E-state index contributed by atoms with van der Waals surface area (Å²) in [4.78, 5) is 26.3. The molecule has 0 radical (unpaired) electrons. The van der Waals surface area contributed by atoms with Gasteiger partial charge in [0.05, 0.1) is 11.4 Å². The Morgan fingerprint density at radius 3 is 2.80 bits per heavy atom. The molecule has 3 rings (SSSR count). The van der Waals surface area contributed by atoms with Crippen molar-refractivity contribution in [3.8, 4) is 0 Å². The average molecular weight is 389 g/mol. The zero-order chi connectivity index (χ0) is 16.4. The van der Waals surface area contributed by atoms with Crippen molar-refractivity contribution in [2.45, 2.75) is 25.8 Å². The number of nitrogens with zero attached hydrogens (tertiary/aromatic N) is 1. The maximum Gasteiger partial charge on any atom is 0.251 e. The Balaban J connectivity index is 0.00000156. The smallest absolute Gasteiger partial charge is 0.251 e. The lowest BCUT2D eigenvalue weighted by molar-refractivity contribution is -0.115. The number of piperidine rings is 1. The molecule has 2 heterocycles. The fourth-order valence-electron chi connectivity index (χ4n) is 3.15. The van der Waals surface area contributed by atoms with Gasteiger partial charge in [0.2, 0.25) is 5.91 Å². The summed E-state index contributed by atoms with van der Waals surface area (Å²) in [7, 11) is 1.95. The minimum atomic E-state index is -0.0884. The van der Waals surface area contributed by atoms with E-state index in [9.17, 15) is 9.59 Å². The average Bonchev–Trinajstić information content (AvgIpc) is 2.68. The Bertz CT molecular complexity index is 627. The predicted octanol–water partition coefficient (Wildman–Crippen LogP) is 2.04. The molecule has 3 N–H and O–H groups in total. The van der Waals surface area contributed by atoms with Crippen molar-refractivity contribution in [3.63, 3.8) is 0 Å². The summed E-state index contributed by atoms with van der Waals surface area (Å²) in [5.41, 5.74) is 2.23. The minimum Gasteiger partial charge on any atom is -0.372 e. The molecular formula is C17H26Cl2N4O2. The number of carbonyl (C=O) groups is 2. The van der Waals surface area contributed by atoms with Crippen LogP contribution in [-0.4, -0.2) is 44.5 Å². The summed E-state index contributed by atoms with van der Waals surface area (Å²) < 4.78 is 0. The summed E-state index contributed by atoms with van der Waals surface area (Å²) >= 11 is 0. The van der Waals surface area contributed by atoms with Gasteiger partial charge >= 0.3 is 0 Å². The Kier molecular flexibility index (Phi) is 7.99. The van der Waals surface area contributed by atoms with Crippen molar-refractivity contribution in [2.24, 2.45) is 5.92 Å². The molecule has 1 fully saturated rings. The fourth-order valence-corrected chi connectivity index (χ4v) is 3.15. The molecule has 0 saturated carbocycles. The molecule has 1 saturated heterocycles. The molecule has 0 spiro atoms. The molecule has 2 amide bonds. The van der Waals surface area contributed by atoms with Crippen molar-refractivity contribution in [3.05, 3.63) is 23.8 Å². The monoisotopic (exact) mass is 388 g/mol. The van der Waals surface area contributed by atoms with Crippen LogP contribution < -0.4 is 20.9 Å². The van der Waals surface area contributed by atoms with Crippen LogP contribution >= 0.6 is 24.8 Å². The third-order valence-corrected chi connectivity index (χ3v) is 4.76. The fraction of sp³-hybridized carbons (Fsp3) is 0.529. The van der Waals surface area contributed by atoms with E-state index in [1.165, 1.54) is 0 Å². The molecule has 2 aliphatic heterocycles. The SMILES string of the molecule is CC1CCNCC1NC(=O)c1ccc2c(c1)NC(=O)CCN2C.Cl.Cl. The number of halogens is 2. The summed E-state index contributed by atoms with van der Waals surface area (Å²) in [5, 5.41) is 9.30. The number of hydrogen-bond acceptors (Lipinski definition) is 4. The molecule has 1 aromatic rings. The van der Waals surface area contributed by atoms with Gasteiger partial charge in [-0.2, -0.15) is 0 Å². The molecule has 0 aliphatic carbocycles. The molecule has 2 unspecified atom stereocenters. The zero-order valence-corrected chi connectivity index (χ0v) is 16.1. The highest BCUT2D eigenvalue weighted by atomic mass is 35.5. The van der Waals surface area contributed by atoms with Gasteiger partial charge in [0.15, 0.2) is 0 Å². The predicted molar refractivity (Wildman–Crippen MR) is 105 cm³/mol. The van der Waals surface area contributed by atoms with E-state index in [1.807, 2.05) is 24.1 Å². The Morgan fingerprint density at radius 1 is 1.32 bits per heavy atom. The van der Waals surface area contributed by atoms with Crippen LogP contribution in [0.4, 0.5) is 11.4 Å². The number of hydrogen-bond donors (Lipinski definition) is 3. The molecule has 0 aromatic heterocycles. The van der Waals surface area contributed by atoms with Gasteiger partial charge in [0, 0.05) is 38.2 Å². The first-order valence-electron chi connectivity index (χ1n) is 8.21. The maximum absolute atomic E-state index is 12.5. The largest absolute Gasteiger partial charge is 0.372 e. The van der Waals surface area contributed by atoms with Gasteiger partial charge in [-0.05, 0) is 37.1 Å². The van der Waals surface area contributed by atoms with Crippen LogP contribution in [0, 0.1) is 5.92 Å². The van der Waals surface area contributed by atoms with E-state index in [-0.39, 0.29) is 42.7 Å². The second kappa shape index (κ2) is 9.27. The summed E-state index contributed by atoms with van der Waals surface area (Å²) in [6, 6.07) is 5.64. The standard InChI is InChI=1S/C17H24N4O2.2ClH/c1-11-5-7-18-10-14(11)20-17(23)12-3-4-15-13(9-12)19-16(22)6-8-21(15)2;;/h3-4,9,11,14,18H,5-8,10H2,1-2H3,(H,19,22)(H,20,23);2*1H.